The highest BCUT2D eigenvalue weighted by Gasteiger charge is 2.38. The Morgan fingerprint density at radius 3 is 2.28 bits per heavy atom. The van der Waals surface area contributed by atoms with Gasteiger partial charge in [-0.1, -0.05) is 80.0 Å². The van der Waals surface area contributed by atoms with Crippen LogP contribution in [0.25, 0.3) is 0 Å². The summed E-state index contributed by atoms with van der Waals surface area (Å²) >= 11 is 0. The Morgan fingerprint density at radius 1 is 1.03 bits per heavy atom. The first-order chi connectivity index (χ1) is 15.2. The van der Waals surface area contributed by atoms with Gasteiger partial charge in [-0.25, -0.2) is 4.79 Å². The minimum Gasteiger partial charge on any atom is -0.464 e. The fraction of sp³-hybridized carbons (Fsp3) is 0.292. The zero-order chi connectivity index (χ0) is 23.0. The van der Waals surface area contributed by atoms with Gasteiger partial charge in [-0.2, -0.15) is 4.68 Å². The molecule has 0 radical (unpaired) electrons. The van der Waals surface area contributed by atoms with E-state index in [9.17, 15) is 9.59 Å². The van der Waals surface area contributed by atoms with Crippen LogP contribution in [0.1, 0.15) is 53.9 Å². The Labute approximate surface area is 186 Å². The van der Waals surface area contributed by atoms with Crippen molar-refractivity contribution in [2.24, 2.45) is 0 Å². The van der Waals surface area contributed by atoms with E-state index >= 15 is 0 Å². The second-order valence-corrected chi connectivity index (χ2v) is 8.82. The number of ether oxygens (including phenoxy) is 1. The summed E-state index contributed by atoms with van der Waals surface area (Å²) < 4.78 is 6.49. The third kappa shape index (κ3) is 3.79. The van der Waals surface area contributed by atoms with Crippen molar-refractivity contribution in [2.75, 3.05) is 12.4 Å². The highest BCUT2D eigenvalue weighted by atomic mass is 16.5. The number of methoxy groups -OCH3 is 1. The lowest BCUT2D eigenvalue weighted by Gasteiger charge is -2.28. The molecule has 32 heavy (non-hydrogen) atoms. The van der Waals surface area contributed by atoms with Crippen LogP contribution in [0, 0.1) is 6.92 Å². The standard InChI is InChI=1S/C24H25N5O3/c1-14-6-8-16(9-7-14)21(30)18-19(22(31)32-5)25-23-26-27-28-29(23)20(18)15-10-12-17(13-11-15)24(2,3)4/h6-13,20H,1-5H3,(H,25,26,28). The molecular formula is C24H25N5O3. The number of ketones is 1. The van der Waals surface area contributed by atoms with Crippen molar-refractivity contribution in [1.29, 1.82) is 0 Å². The summed E-state index contributed by atoms with van der Waals surface area (Å²) in [6.07, 6.45) is 0. The molecule has 164 valence electrons. The number of Topliss-reactive ketones (excluding diaryl/α,β-unsaturated/α-hetero) is 1. The van der Waals surface area contributed by atoms with Crippen LogP contribution in [0.4, 0.5) is 5.95 Å². The van der Waals surface area contributed by atoms with Gasteiger partial charge in [0, 0.05) is 5.56 Å². The van der Waals surface area contributed by atoms with E-state index in [1.165, 1.54) is 11.8 Å². The lowest BCUT2D eigenvalue weighted by molar-refractivity contribution is -0.136. The number of hydrogen-bond donors (Lipinski definition) is 1. The van der Waals surface area contributed by atoms with E-state index in [0.29, 0.717) is 5.56 Å². The molecule has 0 bridgehead atoms. The van der Waals surface area contributed by atoms with Crippen LogP contribution in [0.5, 0.6) is 0 Å². The maximum absolute atomic E-state index is 13.7. The first kappa shape index (κ1) is 21.4. The van der Waals surface area contributed by atoms with Crippen LogP contribution >= 0.6 is 0 Å². The van der Waals surface area contributed by atoms with Crippen molar-refractivity contribution in [3.63, 3.8) is 0 Å². The third-order valence-corrected chi connectivity index (χ3v) is 5.56. The van der Waals surface area contributed by atoms with Gasteiger partial charge >= 0.3 is 5.97 Å². The SMILES string of the molecule is COC(=O)C1=C(C(=O)c2ccc(C)cc2)C(c2ccc(C(C)(C)C)cc2)n2nnnc2N1. The molecular weight excluding hydrogens is 406 g/mol. The van der Waals surface area contributed by atoms with Gasteiger partial charge in [-0.3, -0.25) is 4.79 Å². The first-order valence-electron chi connectivity index (χ1n) is 10.3. The number of carbonyl (C=O) groups is 2. The molecule has 0 saturated carbocycles. The minimum absolute atomic E-state index is 0.0276. The second kappa shape index (κ2) is 8.03. The molecule has 0 saturated heterocycles. The summed E-state index contributed by atoms with van der Waals surface area (Å²) in [6.45, 7) is 8.34. The number of allylic oxidation sites excluding steroid dienone is 1. The average Bonchev–Trinajstić information content (AvgIpc) is 3.25. The number of esters is 1. The van der Waals surface area contributed by atoms with Crippen LogP contribution in [0.2, 0.25) is 0 Å². The molecule has 1 aliphatic rings. The predicted octanol–water partition coefficient (Wildman–Crippen LogP) is 3.60. The van der Waals surface area contributed by atoms with E-state index < -0.39 is 12.0 Å². The number of aromatic nitrogens is 4. The summed E-state index contributed by atoms with van der Waals surface area (Å²) in [4.78, 5) is 26.4. The largest absolute Gasteiger partial charge is 0.464 e. The smallest absolute Gasteiger partial charge is 0.355 e. The fourth-order valence-electron chi connectivity index (χ4n) is 3.72. The molecule has 1 N–H and O–H groups in total. The molecule has 0 fully saturated rings. The van der Waals surface area contributed by atoms with Gasteiger partial charge in [0.1, 0.15) is 11.7 Å². The topological polar surface area (TPSA) is 99.0 Å². The maximum atomic E-state index is 13.7. The van der Waals surface area contributed by atoms with E-state index in [0.717, 1.165) is 16.7 Å². The van der Waals surface area contributed by atoms with Crippen molar-refractivity contribution in [3.8, 4) is 0 Å². The third-order valence-electron chi connectivity index (χ3n) is 5.56. The van der Waals surface area contributed by atoms with Crippen molar-refractivity contribution in [2.45, 2.75) is 39.2 Å². The highest BCUT2D eigenvalue weighted by molar-refractivity contribution is 6.14. The van der Waals surface area contributed by atoms with Gasteiger partial charge in [-0.05, 0) is 33.9 Å². The molecule has 2 aromatic carbocycles. The molecule has 1 aliphatic heterocycles. The van der Waals surface area contributed by atoms with Crippen LogP contribution in [0.15, 0.2) is 59.8 Å². The van der Waals surface area contributed by atoms with Gasteiger partial charge in [0.15, 0.2) is 5.78 Å². The summed E-state index contributed by atoms with van der Waals surface area (Å²) in [5.74, 6) is -0.703. The highest BCUT2D eigenvalue weighted by Crippen LogP contribution is 2.37. The van der Waals surface area contributed by atoms with E-state index in [2.05, 4.69) is 41.6 Å². The number of benzene rings is 2. The van der Waals surface area contributed by atoms with Gasteiger partial charge in [-0.15, -0.1) is 0 Å². The number of hydrogen-bond acceptors (Lipinski definition) is 7. The van der Waals surface area contributed by atoms with E-state index in [4.69, 9.17) is 4.74 Å². The fourth-order valence-corrected chi connectivity index (χ4v) is 3.72. The summed E-state index contributed by atoms with van der Waals surface area (Å²) in [5, 5.41) is 14.7. The Kier molecular flexibility index (Phi) is 5.38. The maximum Gasteiger partial charge on any atom is 0.355 e. The molecule has 0 aliphatic carbocycles. The monoisotopic (exact) mass is 431 g/mol. The number of anilines is 1. The number of nitrogens with zero attached hydrogens (tertiary/aromatic N) is 4. The Bertz CT molecular complexity index is 1200. The van der Waals surface area contributed by atoms with Crippen molar-refractivity contribution in [1.82, 2.24) is 20.2 Å². The predicted molar refractivity (Wildman–Crippen MR) is 119 cm³/mol. The van der Waals surface area contributed by atoms with Crippen molar-refractivity contribution in [3.05, 3.63) is 82.1 Å². The van der Waals surface area contributed by atoms with Gasteiger partial charge in [0.05, 0.1) is 12.7 Å². The molecule has 0 spiro atoms. The molecule has 1 aromatic heterocycles. The molecule has 4 rings (SSSR count). The minimum atomic E-state index is -0.696. The number of tetrazole rings is 1. The molecule has 3 aromatic rings. The lowest BCUT2D eigenvalue weighted by atomic mass is 9.84. The molecule has 2 heterocycles. The number of rotatable bonds is 4. The van der Waals surface area contributed by atoms with Gasteiger partial charge < -0.3 is 10.1 Å². The zero-order valence-corrected chi connectivity index (χ0v) is 18.7. The van der Waals surface area contributed by atoms with Crippen LogP contribution in [-0.4, -0.2) is 39.1 Å². The summed E-state index contributed by atoms with van der Waals surface area (Å²) in [7, 11) is 1.27. The molecule has 1 unspecified atom stereocenters. The van der Waals surface area contributed by atoms with Crippen LogP contribution in [-0.2, 0) is 14.9 Å². The average molecular weight is 431 g/mol. The van der Waals surface area contributed by atoms with Gasteiger partial charge in [0.25, 0.3) is 0 Å². The molecule has 1 atom stereocenters. The van der Waals surface area contributed by atoms with Crippen molar-refractivity contribution >= 4 is 17.7 Å². The first-order valence-corrected chi connectivity index (χ1v) is 10.3. The van der Waals surface area contributed by atoms with Crippen LogP contribution in [0.3, 0.4) is 0 Å². The normalized spacial score (nSPS) is 15.7. The Balaban J connectivity index is 1.91. The lowest BCUT2D eigenvalue weighted by Crippen LogP contribution is -2.33. The molecule has 0 amide bonds. The Morgan fingerprint density at radius 2 is 1.69 bits per heavy atom. The van der Waals surface area contributed by atoms with Crippen LogP contribution < -0.4 is 5.32 Å². The van der Waals surface area contributed by atoms with Gasteiger partial charge in [0.2, 0.25) is 5.95 Å². The summed E-state index contributed by atoms with van der Waals surface area (Å²) in [6, 6.07) is 14.4. The quantitative estimate of drug-likeness (QED) is 0.498. The molecule has 8 nitrogen and oxygen atoms in total. The number of carbonyl (C=O) groups excluding carboxylic acids is 2. The van der Waals surface area contributed by atoms with E-state index in [1.807, 2.05) is 43.3 Å². The molecule has 8 heteroatoms. The van der Waals surface area contributed by atoms with E-state index in [1.54, 1.807) is 12.1 Å². The number of nitrogens with one attached hydrogen (secondary N) is 1. The zero-order valence-electron chi connectivity index (χ0n) is 18.7. The number of aryl methyl sites for hydroxylation is 1. The second-order valence-electron chi connectivity index (χ2n) is 8.82. The summed E-state index contributed by atoms with van der Waals surface area (Å²) in [5.41, 5.74) is 3.65. The van der Waals surface area contributed by atoms with E-state index in [-0.39, 0.29) is 28.4 Å². The Hall–Kier alpha value is -3.81. The van der Waals surface area contributed by atoms with Crippen molar-refractivity contribution < 1.29 is 14.3 Å². The number of fused-ring (bicyclic) bond motifs is 1.